The second-order valence-electron chi connectivity index (χ2n) is 8.51. The van der Waals surface area contributed by atoms with E-state index >= 15 is 0 Å². The molecule has 0 aliphatic carbocycles. The fourth-order valence-electron chi connectivity index (χ4n) is 2.66. The molecule has 0 heterocycles. The predicted molar refractivity (Wildman–Crippen MR) is 126 cm³/mol. The first-order valence-electron chi connectivity index (χ1n) is 12.1. The molecule has 188 valence electrons. The first-order chi connectivity index (χ1) is 14.7. The molecule has 4 unspecified atom stereocenters. The van der Waals surface area contributed by atoms with Gasteiger partial charge < -0.3 is 30.2 Å². The van der Waals surface area contributed by atoms with Crippen molar-refractivity contribution >= 4 is 5.91 Å². The van der Waals surface area contributed by atoms with Crippen LogP contribution in [0.2, 0.25) is 0 Å². The van der Waals surface area contributed by atoms with Crippen molar-refractivity contribution in [1.82, 2.24) is 0 Å². The average Bonchev–Trinajstić information content (AvgIpc) is 2.73. The van der Waals surface area contributed by atoms with E-state index in [9.17, 15) is 4.79 Å². The summed E-state index contributed by atoms with van der Waals surface area (Å²) in [6.07, 6.45) is 11.4. The van der Waals surface area contributed by atoms with Gasteiger partial charge in [0.1, 0.15) is 0 Å². The number of primary amides is 1. The highest BCUT2D eigenvalue weighted by Gasteiger charge is 2.10. The van der Waals surface area contributed by atoms with Crippen molar-refractivity contribution in [3.63, 3.8) is 0 Å². The number of amides is 1. The van der Waals surface area contributed by atoms with Gasteiger partial charge in [-0.15, -0.1) is 0 Å². The van der Waals surface area contributed by atoms with E-state index in [0.29, 0.717) is 26.2 Å². The van der Waals surface area contributed by atoms with Gasteiger partial charge in [0.2, 0.25) is 5.91 Å². The molecule has 0 spiro atoms. The highest BCUT2D eigenvalue weighted by molar-refractivity contribution is 5.73. The lowest BCUT2D eigenvalue weighted by Crippen LogP contribution is -2.27. The SMILES string of the molecule is CC(O)COC(C)COC(C)COC(C)CO.CCCCCCCCCCCC(N)=O. The molecule has 0 aliphatic heterocycles. The third kappa shape index (κ3) is 29.3. The van der Waals surface area contributed by atoms with Gasteiger partial charge in [0.15, 0.2) is 0 Å². The second kappa shape index (κ2) is 23.9. The van der Waals surface area contributed by atoms with Gasteiger partial charge in [-0.1, -0.05) is 58.3 Å². The van der Waals surface area contributed by atoms with Crippen molar-refractivity contribution in [2.24, 2.45) is 5.73 Å². The Balaban J connectivity index is 0. The summed E-state index contributed by atoms with van der Waals surface area (Å²) in [7, 11) is 0. The van der Waals surface area contributed by atoms with Crippen LogP contribution in [0.4, 0.5) is 0 Å². The van der Waals surface area contributed by atoms with Crippen molar-refractivity contribution in [2.45, 2.75) is 123 Å². The molecule has 0 saturated carbocycles. The van der Waals surface area contributed by atoms with Crippen LogP contribution in [0, 0.1) is 0 Å². The highest BCUT2D eigenvalue weighted by Crippen LogP contribution is 2.10. The number of nitrogens with two attached hydrogens (primary N) is 1. The molecule has 0 aliphatic rings. The summed E-state index contributed by atoms with van der Waals surface area (Å²) in [5, 5.41) is 17.8. The summed E-state index contributed by atoms with van der Waals surface area (Å²) in [6.45, 7) is 10.8. The smallest absolute Gasteiger partial charge is 0.217 e. The maximum absolute atomic E-state index is 10.4. The van der Waals surface area contributed by atoms with Crippen LogP contribution in [0.5, 0.6) is 0 Å². The molecule has 31 heavy (non-hydrogen) atoms. The topological polar surface area (TPSA) is 111 Å². The number of carbonyl (C=O) groups is 1. The minimum atomic E-state index is -0.455. The van der Waals surface area contributed by atoms with Gasteiger partial charge in [-0.2, -0.15) is 0 Å². The van der Waals surface area contributed by atoms with Crippen LogP contribution < -0.4 is 5.73 Å². The molecule has 1 amide bonds. The Kier molecular flexibility index (Phi) is 25.0. The minimum absolute atomic E-state index is 0.0145. The molecule has 0 aromatic rings. The average molecular weight is 450 g/mol. The van der Waals surface area contributed by atoms with E-state index < -0.39 is 6.10 Å². The number of hydrogen-bond donors (Lipinski definition) is 3. The van der Waals surface area contributed by atoms with Crippen molar-refractivity contribution in [1.29, 1.82) is 0 Å². The number of carbonyl (C=O) groups excluding carboxylic acids is 1. The zero-order valence-corrected chi connectivity index (χ0v) is 20.8. The zero-order chi connectivity index (χ0) is 23.9. The fourth-order valence-corrected chi connectivity index (χ4v) is 2.66. The maximum atomic E-state index is 10.4. The molecule has 7 nitrogen and oxygen atoms in total. The number of aliphatic hydroxyl groups excluding tert-OH is 2. The van der Waals surface area contributed by atoms with Crippen LogP contribution in [0.25, 0.3) is 0 Å². The van der Waals surface area contributed by atoms with Gasteiger partial charge >= 0.3 is 0 Å². The summed E-state index contributed by atoms with van der Waals surface area (Å²) in [5.41, 5.74) is 5.05. The third-order valence-electron chi connectivity index (χ3n) is 4.64. The lowest BCUT2D eigenvalue weighted by molar-refractivity contribution is -0.118. The highest BCUT2D eigenvalue weighted by atomic mass is 16.6. The molecule has 0 rings (SSSR count). The van der Waals surface area contributed by atoms with Crippen LogP contribution >= 0.6 is 0 Å². The summed E-state index contributed by atoms with van der Waals surface area (Å²) < 4.78 is 16.2. The van der Waals surface area contributed by atoms with Gasteiger partial charge in [-0.25, -0.2) is 0 Å². The Morgan fingerprint density at radius 2 is 1.16 bits per heavy atom. The zero-order valence-electron chi connectivity index (χ0n) is 20.8. The fraction of sp³-hybridized carbons (Fsp3) is 0.958. The summed E-state index contributed by atoms with van der Waals surface area (Å²) in [4.78, 5) is 10.4. The van der Waals surface area contributed by atoms with Crippen LogP contribution in [-0.2, 0) is 19.0 Å². The lowest BCUT2D eigenvalue weighted by atomic mass is 10.1. The lowest BCUT2D eigenvalue weighted by Gasteiger charge is -2.19. The van der Waals surface area contributed by atoms with Crippen LogP contribution in [0.1, 0.15) is 98.8 Å². The first-order valence-corrected chi connectivity index (χ1v) is 12.1. The van der Waals surface area contributed by atoms with Gasteiger partial charge in [0, 0.05) is 6.42 Å². The van der Waals surface area contributed by atoms with Gasteiger partial charge in [0.05, 0.1) is 50.8 Å². The van der Waals surface area contributed by atoms with Crippen LogP contribution in [-0.4, -0.2) is 67.0 Å². The molecule has 0 aromatic carbocycles. The van der Waals surface area contributed by atoms with Gasteiger partial charge in [0.25, 0.3) is 0 Å². The molecular formula is C24H51NO6. The second-order valence-corrected chi connectivity index (χ2v) is 8.51. The van der Waals surface area contributed by atoms with Crippen molar-refractivity contribution < 1.29 is 29.2 Å². The number of unbranched alkanes of at least 4 members (excludes halogenated alkanes) is 8. The number of aliphatic hydroxyl groups is 2. The van der Waals surface area contributed by atoms with E-state index in [4.69, 9.17) is 30.2 Å². The Hall–Kier alpha value is -0.730. The molecule has 0 bridgehead atoms. The van der Waals surface area contributed by atoms with Crippen LogP contribution in [0.15, 0.2) is 0 Å². The third-order valence-corrected chi connectivity index (χ3v) is 4.64. The predicted octanol–water partition coefficient (Wildman–Crippen LogP) is 3.97. The normalized spacial score (nSPS) is 14.9. The summed E-state index contributed by atoms with van der Waals surface area (Å²) in [5.74, 6) is -0.159. The number of hydrogen-bond acceptors (Lipinski definition) is 6. The number of rotatable bonds is 20. The van der Waals surface area contributed by atoms with E-state index in [2.05, 4.69) is 6.92 Å². The Morgan fingerprint density at radius 3 is 1.58 bits per heavy atom. The molecule has 0 aromatic heterocycles. The molecule has 0 radical (unpaired) electrons. The molecule has 7 heteroatoms. The molecule has 0 saturated heterocycles. The van der Waals surface area contributed by atoms with Gasteiger partial charge in [-0.3, -0.25) is 4.79 Å². The summed E-state index contributed by atoms with van der Waals surface area (Å²) >= 11 is 0. The van der Waals surface area contributed by atoms with Crippen molar-refractivity contribution in [3.05, 3.63) is 0 Å². The summed E-state index contributed by atoms with van der Waals surface area (Å²) in [6, 6.07) is 0. The van der Waals surface area contributed by atoms with E-state index in [-0.39, 0.29) is 30.8 Å². The molecular weight excluding hydrogens is 398 g/mol. The Bertz CT molecular complexity index is 381. The van der Waals surface area contributed by atoms with E-state index in [0.717, 1.165) is 12.8 Å². The van der Waals surface area contributed by atoms with Crippen molar-refractivity contribution in [3.8, 4) is 0 Å². The minimum Gasteiger partial charge on any atom is -0.394 e. The number of ether oxygens (including phenoxy) is 3. The van der Waals surface area contributed by atoms with E-state index in [1.165, 1.54) is 44.9 Å². The van der Waals surface area contributed by atoms with E-state index in [1.54, 1.807) is 13.8 Å². The molecule has 4 atom stereocenters. The molecule has 0 fully saturated rings. The van der Waals surface area contributed by atoms with E-state index in [1.807, 2.05) is 13.8 Å². The Morgan fingerprint density at radius 1 is 0.742 bits per heavy atom. The molecule has 4 N–H and O–H groups in total. The van der Waals surface area contributed by atoms with Crippen LogP contribution in [0.3, 0.4) is 0 Å². The first kappa shape index (κ1) is 32.4. The van der Waals surface area contributed by atoms with Crippen molar-refractivity contribution in [2.75, 3.05) is 26.4 Å². The maximum Gasteiger partial charge on any atom is 0.217 e. The van der Waals surface area contributed by atoms with Gasteiger partial charge in [-0.05, 0) is 34.1 Å². The Labute approximate surface area is 191 Å². The quantitative estimate of drug-likeness (QED) is 0.243. The monoisotopic (exact) mass is 449 g/mol. The largest absolute Gasteiger partial charge is 0.394 e. The standard InChI is InChI=1S/C12H25NO.C12H26O5/c1-2-3-4-5-6-7-8-9-10-11-12(13)14;1-9(14)6-15-11(3)8-17-12(4)7-16-10(2)5-13/h2-11H2,1H3,(H2,13,14);9-14H,5-8H2,1-4H3.